The van der Waals surface area contributed by atoms with E-state index in [0.29, 0.717) is 5.82 Å². The molecule has 2 rings (SSSR count). The number of hydrogen-bond donors (Lipinski definition) is 1. The van der Waals surface area contributed by atoms with Crippen molar-refractivity contribution in [2.45, 2.75) is 32.7 Å². The predicted molar refractivity (Wildman–Crippen MR) is 78.2 cm³/mol. The van der Waals surface area contributed by atoms with Gasteiger partial charge in [0.2, 0.25) is 5.91 Å². The summed E-state index contributed by atoms with van der Waals surface area (Å²) >= 11 is 0. The van der Waals surface area contributed by atoms with E-state index >= 15 is 0 Å². The molecule has 2 aromatic rings. The van der Waals surface area contributed by atoms with Crippen LogP contribution in [-0.2, 0) is 16.8 Å². The van der Waals surface area contributed by atoms with Crippen molar-refractivity contribution in [2.24, 2.45) is 0 Å². The standard InChI is InChI=1S/C13H16N6O3/c1-13(2,3)12-15-16-17-18(12)8-11(20)14-9-6-4-5-7-10(9)19(21)22/h4-7H,8H2,1-3H3,(H,14,20). The molecule has 22 heavy (non-hydrogen) atoms. The number of amides is 1. The van der Waals surface area contributed by atoms with Gasteiger partial charge in [-0.2, -0.15) is 0 Å². The lowest BCUT2D eigenvalue weighted by Gasteiger charge is -2.16. The zero-order valence-corrected chi connectivity index (χ0v) is 12.5. The number of hydrogen-bond acceptors (Lipinski definition) is 6. The number of anilines is 1. The lowest BCUT2D eigenvalue weighted by atomic mass is 9.96. The van der Waals surface area contributed by atoms with Crippen molar-refractivity contribution in [3.05, 3.63) is 40.2 Å². The highest BCUT2D eigenvalue weighted by atomic mass is 16.6. The van der Waals surface area contributed by atoms with Crippen LogP contribution < -0.4 is 5.32 Å². The summed E-state index contributed by atoms with van der Waals surface area (Å²) < 4.78 is 1.38. The molecule has 0 saturated heterocycles. The number of carbonyl (C=O) groups is 1. The number of nitrogens with one attached hydrogen (secondary N) is 1. The number of aromatic nitrogens is 4. The number of nitrogens with zero attached hydrogens (tertiary/aromatic N) is 5. The Balaban J connectivity index is 2.15. The summed E-state index contributed by atoms with van der Waals surface area (Å²) in [4.78, 5) is 22.5. The summed E-state index contributed by atoms with van der Waals surface area (Å²) in [5, 5.41) is 24.7. The van der Waals surface area contributed by atoms with Gasteiger partial charge in [0.1, 0.15) is 12.2 Å². The van der Waals surface area contributed by atoms with Gasteiger partial charge in [-0.1, -0.05) is 32.9 Å². The van der Waals surface area contributed by atoms with E-state index in [1.807, 2.05) is 20.8 Å². The smallest absolute Gasteiger partial charge is 0.292 e. The van der Waals surface area contributed by atoms with Gasteiger partial charge in [-0.15, -0.1) is 5.10 Å². The van der Waals surface area contributed by atoms with E-state index in [1.54, 1.807) is 6.07 Å². The van der Waals surface area contributed by atoms with Gasteiger partial charge < -0.3 is 5.32 Å². The molecule has 0 aliphatic heterocycles. The predicted octanol–water partition coefficient (Wildman–Crippen LogP) is 1.52. The monoisotopic (exact) mass is 304 g/mol. The van der Waals surface area contributed by atoms with Gasteiger partial charge in [0.05, 0.1) is 4.92 Å². The summed E-state index contributed by atoms with van der Waals surface area (Å²) in [5.74, 6) is 0.123. The van der Waals surface area contributed by atoms with Crippen molar-refractivity contribution in [1.29, 1.82) is 0 Å². The zero-order valence-electron chi connectivity index (χ0n) is 12.5. The first kappa shape index (κ1) is 15.5. The summed E-state index contributed by atoms with van der Waals surface area (Å²) in [7, 11) is 0. The van der Waals surface area contributed by atoms with E-state index in [4.69, 9.17) is 0 Å². The van der Waals surface area contributed by atoms with Crippen LogP contribution in [0.15, 0.2) is 24.3 Å². The van der Waals surface area contributed by atoms with E-state index in [2.05, 4.69) is 20.8 Å². The number of benzene rings is 1. The van der Waals surface area contributed by atoms with Crippen LogP contribution in [0, 0.1) is 10.1 Å². The molecule has 1 N–H and O–H groups in total. The molecule has 0 saturated carbocycles. The van der Waals surface area contributed by atoms with Gasteiger partial charge >= 0.3 is 0 Å². The highest BCUT2D eigenvalue weighted by molar-refractivity contribution is 5.92. The molecule has 0 bridgehead atoms. The molecule has 1 aromatic carbocycles. The minimum absolute atomic E-state index is 0.119. The Morgan fingerprint density at radius 3 is 2.68 bits per heavy atom. The third-order valence-electron chi connectivity index (χ3n) is 2.87. The molecule has 9 heteroatoms. The van der Waals surface area contributed by atoms with Crippen molar-refractivity contribution < 1.29 is 9.72 Å². The molecule has 0 atom stereocenters. The van der Waals surface area contributed by atoms with Crippen LogP contribution in [0.5, 0.6) is 0 Å². The van der Waals surface area contributed by atoms with Crippen LogP contribution in [0.1, 0.15) is 26.6 Å². The maximum Gasteiger partial charge on any atom is 0.292 e. The maximum absolute atomic E-state index is 12.1. The van der Waals surface area contributed by atoms with E-state index in [0.717, 1.165) is 0 Å². The van der Waals surface area contributed by atoms with Crippen LogP contribution in [0.4, 0.5) is 11.4 Å². The van der Waals surface area contributed by atoms with Gasteiger partial charge in [0.15, 0.2) is 5.82 Å². The van der Waals surface area contributed by atoms with Gasteiger partial charge in [-0.3, -0.25) is 14.9 Å². The number of nitro groups is 1. The van der Waals surface area contributed by atoms with Crippen molar-refractivity contribution >= 4 is 17.3 Å². The highest BCUT2D eigenvalue weighted by Crippen LogP contribution is 2.23. The second-order valence-electron chi connectivity index (χ2n) is 5.73. The lowest BCUT2D eigenvalue weighted by molar-refractivity contribution is -0.383. The third kappa shape index (κ3) is 3.43. The fourth-order valence-corrected chi connectivity index (χ4v) is 1.91. The molecule has 0 fully saturated rings. The summed E-state index contributed by atoms with van der Waals surface area (Å²) in [6.07, 6.45) is 0. The topological polar surface area (TPSA) is 116 Å². The van der Waals surface area contributed by atoms with Crippen LogP contribution in [0.2, 0.25) is 0 Å². The maximum atomic E-state index is 12.1. The van der Waals surface area contributed by atoms with E-state index in [1.165, 1.54) is 22.9 Å². The molecule has 9 nitrogen and oxygen atoms in total. The van der Waals surface area contributed by atoms with Crippen LogP contribution >= 0.6 is 0 Å². The molecule has 0 radical (unpaired) electrons. The van der Waals surface area contributed by atoms with Crippen LogP contribution in [0.25, 0.3) is 0 Å². The van der Waals surface area contributed by atoms with Crippen molar-refractivity contribution in [1.82, 2.24) is 20.2 Å². The number of rotatable bonds is 4. The van der Waals surface area contributed by atoms with Crippen molar-refractivity contribution in [3.8, 4) is 0 Å². The van der Waals surface area contributed by atoms with Crippen LogP contribution in [-0.4, -0.2) is 31.0 Å². The van der Waals surface area contributed by atoms with E-state index in [-0.39, 0.29) is 23.3 Å². The highest BCUT2D eigenvalue weighted by Gasteiger charge is 2.23. The van der Waals surface area contributed by atoms with Gasteiger partial charge in [-0.05, 0) is 16.5 Å². The zero-order chi connectivity index (χ0) is 16.3. The molecule has 1 aromatic heterocycles. The number of carbonyl (C=O) groups excluding carboxylic acids is 1. The van der Waals surface area contributed by atoms with E-state index in [9.17, 15) is 14.9 Å². The first-order chi connectivity index (χ1) is 10.3. The average molecular weight is 304 g/mol. The minimum Gasteiger partial charge on any atom is -0.319 e. The van der Waals surface area contributed by atoms with Gasteiger partial charge in [0, 0.05) is 11.5 Å². The fraction of sp³-hybridized carbons (Fsp3) is 0.385. The second kappa shape index (κ2) is 5.88. The molecule has 0 unspecified atom stereocenters. The minimum atomic E-state index is -0.548. The van der Waals surface area contributed by atoms with Crippen molar-refractivity contribution in [2.75, 3.05) is 5.32 Å². The first-order valence-electron chi connectivity index (χ1n) is 6.59. The molecule has 0 spiro atoms. The molecule has 0 aliphatic rings. The molecule has 0 aliphatic carbocycles. The molecular formula is C13H16N6O3. The Hall–Kier alpha value is -2.84. The normalized spacial score (nSPS) is 11.2. The average Bonchev–Trinajstić information content (AvgIpc) is 2.87. The summed E-state index contributed by atoms with van der Waals surface area (Å²) in [6, 6.07) is 5.95. The Labute approximate surface area is 126 Å². The number of para-hydroxylation sites is 2. The molecule has 1 heterocycles. The van der Waals surface area contributed by atoms with Crippen LogP contribution in [0.3, 0.4) is 0 Å². The summed E-state index contributed by atoms with van der Waals surface area (Å²) in [5.41, 5.74) is -0.339. The van der Waals surface area contributed by atoms with Crippen molar-refractivity contribution in [3.63, 3.8) is 0 Å². The Kier molecular flexibility index (Phi) is 4.15. The lowest BCUT2D eigenvalue weighted by Crippen LogP contribution is -2.26. The van der Waals surface area contributed by atoms with Gasteiger partial charge in [-0.25, -0.2) is 4.68 Å². The fourth-order valence-electron chi connectivity index (χ4n) is 1.91. The third-order valence-corrected chi connectivity index (χ3v) is 2.87. The first-order valence-corrected chi connectivity index (χ1v) is 6.59. The molecule has 116 valence electrons. The number of nitro benzene ring substituents is 1. The Bertz CT molecular complexity index is 704. The molecular weight excluding hydrogens is 288 g/mol. The Morgan fingerprint density at radius 2 is 2.05 bits per heavy atom. The van der Waals surface area contributed by atoms with Gasteiger partial charge in [0.25, 0.3) is 5.69 Å². The largest absolute Gasteiger partial charge is 0.319 e. The quantitative estimate of drug-likeness (QED) is 0.676. The SMILES string of the molecule is CC(C)(C)c1nnnn1CC(=O)Nc1ccccc1[N+](=O)[O-]. The second-order valence-corrected chi connectivity index (χ2v) is 5.73. The molecule has 1 amide bonds. The summed E-state index contributed by atoms with van der Waals surface area (Å²) in [6.45, 7) is 5.66. The Morgan fingerprint density at radius 1 is 1.36 bits per heavy atom. The number of tetrazole rings is 1. The van der Waals surface area contributed by atoms with E-state index < -0.39 is 10.8 Å².